The Balaban J connectivity index is 2.47. The highest BCUT2D eigenvalue weighted by Gasteiger charge is 2.31. The zero-order chi connectivity index (χ0) is 15.0. The van der Waals surface area contributed by atoms with Gasteiger partial charge in [0.1, 0.15) is 6.54 Å². The molecule has 0 saturated carbocycles. The van der Waals surface area contributed by atoms with E-state index < -0.39 is 12.3 Å². The van der Waals surface area contributed by atoms with Crippen LogP contribution in [0, 0.1) is 5.92 Å². The number of carboxylic acids is 1. The number of fused-ring (bicyclic) bond motifs is 1. The van der Waals surface area contributed by atoms with E-state index in [0.29, 0.717) is 0 Å². The quantitative estimate of drug-likeness (QED) is 0.865. The molecule has 1 aliphatic rings. The molecule has 110 valence electrons. The molecule has 0 bridgehead atoms. The van der Waals surface area contributed by atoms with Crippen molar-refractivity contribution in [2.45, 2.75) is 40.0 Å². The predicted molar refractivity (Wildman–Crippen MR) is 73.3 cm³/mol. The molecule has 2 rings (SSSR count). The molecule has 0 radical (unpaired) electrons. The average molecular weight is 280 g/mol. The second kappa shape index (κ2) is 5.24. The lowest BCUT2D eigenvalue weighted by atomic mass is 10.0. The Morgan fingerprint density at radius 2 is 2.00 bits per heavy atom. The van der Waals surface area contributed by atoms with Gasteiger partial charge in [0, 0.05) is 0 Å². The zero-order valence-electron chi connectivity index (χ0n) is 12.1. The van der Waals surface area contributed by atoms with Gasteiger partial charge in [-0.3, -0.25) is 4.79 Å². The summed E-state index contributed by atoms with van der Waals surface area (Å²) < 4.78 is 1.45. The van der Waals surface area contributed by atoms with Crippen LogP contribution in [0.5, 0.6) is 0 Å². The van der Waals surface area contributed by atoms with Crippen LogP contribution < -0.4 is 0 Å². The van der Waals surface area contributed by atoms with Crippen LogP contribution >= 0.6 is 0 Å². The predicted octanol–water partition coefficient (Wildman–Crippen LogP) is 1.22. The number of aliphatic hydroxyl groups is 1. The van der Waals surface area contributed by atoms with Crippen LogP contribution in [0.1, 0.15) is 51.4 Å². The van der Waals surface area contributed by atoms with E-state index in [1.807, 2.05) is 33.8 Å². The lowest BCUT2D eigenvalue weighted by molar-refractivity contribution is -0.145. The Hall–Kier alpha value is -1.89. The van der Waals surface area contributed by atoms with E-state index in [0.717, 1.165) is 22.1 Å². The fraction of sp³-hybridized carbons (Fsp3) is 0.615. The number of hydrogen-bond donors (Lipinski definition) is 2. The van der Waals surface area contributed by atoms with Crippen molar-refractivity contribution in [3.05, 3.63) is 17.5 Å². The second-order valence-corrected chi connectivity index (χ2v) is 5.53. The molecule has 2 heterocycles. The minimum Gasteiger partial charge on any atom is -0.480 e. The summed E-state index contributed by atoms with van der Waals surface area (Å²) in [5.74, 6) is -0.716. The minimum absolute atomic E-state index is 0.106. The Labute approximate surface area is 117 Å². The molecule has 0 fully saturated rings. The molecule has 7 nitrogen and oxygen atoms in total. The molecule has 1 unspecified atom stereocenters. The Bertz CT molecular complexity index is 548. The molecule has 0 amide bonds. The van der Waals surface area contributed by atoms with Gasteiger partial charge in [-0.25, -0.2) is 9.69 Å². The highest BCUT2D eigenvalue weighted by atomic mass is 16.4. The molecule has 0 saturated heterocycles. The first-order valence-corrected chi connectivity index (χ1v) is 6.66. The number of hydrazone groups is 1. The van der Waals surface area contributed by atoms with Crippen LogP contribution in [0.4, 0.5) is 0 Å². The molecule has 1 aromatic heterocycles. The summed E-state index contributed by atoms with van der Waals surface area (Å²) in [5.41, 5.74) is 2.33. The van der Waals surface area contributed by atoms with Gasteiger partial charge in [-0.1, -0.05) is 27.7 Å². The van der Waals surface area contributed by atoms with E-state index >= 15 is 0 Å². The van der Waals surface area contributed by atoms with Crippen LogP contribution in [-0.2, 0) is 4.79 Å². The standard InChI is InChI=1S/C13H20N4O3/c1-7(2)9-5-10-12(8(3)4)15-16(6-11(18)19)13(20)17(10)14-9/h5,7-8,13,20H,6H2,1-4H3,(H,18,19). The normalized spacial score (nSPS) is 18.4. The van der Waals surface area contributed by atoms with Crippen molar-refractivity contribution in [3.8, 4) is 0 Å². The summed E-state index contributed by atoms with van der Waals surface area (Å²) in [5, 5.41) is 28.9. The van der Waals surface area contributed by atoms with Gasteiger partial charge >= 0.3 is 5.97 Å². The Kier molecular flexibility index (Phi) is 3.80. The topological polar surface area (TPSA) is 91.0 Å². The smallest absolute Gasteiger partial charge is 0.325 e. The monoisotopic (exact) mass is 280 g/mol. The first-order valence-electron chi connectivity index (χ1n) is 6.66. The van der Waals surface area contributed by atoms with E-state index in [-0.39, 0.29) is 18.4 Å². The van der Waals surface area contributed by atoms with E-state index in [1.165, 1.54) is 4.68 Å². The first kappa shape index (κ1) is 14.5. The van der Waals surface area contributed by atoms with Crippen molar-refractivity contribution in [1.29, 1.82) is 0 Å². The Morgan fingerprint density at radius 1 is 1.35 bits per heavy atom. The molecular weight excluding hydrogens is 260 g/mol. The fourth-order valence-electron chi connectivity index (χ4n) is 2.10. The van der Waals surface area contributed by atoms with Gasteiger partial charge in [0.25, 0.3) is 0 Å². The highest BCUT2D eigenvalue weighted by molar-refractivity contribution is 6.01. The van der Waals surface area contributed by atoms with Crippen molar-refractivity contribution >= 4 is 11.7 Å². The van der Waals surface area contributed by atoms with Crippen LogP contribution in [0.15, 0.2) is 11.2 Å². The average Bonchev–Trinajstić information content (AvgIpc) is 2.77. The summed E-state index contributed by atoms with van der Waals surface area (Å²) in [4.78, 5) is 10.9. The third-order valence-electron chi connectivity index (χ3n) is 3.17. The third kappa shape index (κ3) is 2.53. The summed E-state index contributed by atoms with van der Waals surface area (Å²) in [7, 11) is 0. The largest absolute Gasteiger partial charge is 0.480 e. The van der Waals surface area contributed by atoms with Crippen LogP contribution in [0.2, 0.25) is 0 Å². The zero-order valence-corrected chi connectivity index (χ0v) is 12.1. The Morgan fingerprint density at radius 3 is 2.50 bits per heavy atom. The van der Waals surface area contributed by atoms with Crippen LogP contribution in [0.25, 0.3) is 0 Å². The van der Waals surface area contributed by atoms with Gasteiger partial charge < -0.3 is 10.2 Å². The maximum atomic E-state index is 10.9. The van der Waals surface area contributed by atoms with Crippen molar-refractivity contribution in [2.24, 2.45) is 11.0 Å². The lowest BCUT2D eigenvalue weighted by Gasteiger charge is -2.31. The van der Waals surface area contributed by atoms with Gasteiger partial charge in [0.2, 0.25) is 6.35 Å². The number of aliphatic hydroxyl groups excluding tert-OH is 1. The summed E-state index contributed by atoms with van der Waals surface area (Å²) in [6, 6.07) is 1.91. The molecular formula is C13H20N4O3. The number of hydrogen-bond acceptors (Lipinski definition) is 5. The molecule has 1 atom stereocenters. The number of rotatable bonds is 4. The summed E-state index contributed by atoms with van der Waals surface area (Å²) >= 11 is 0. The van der Waals surface area contributed by atoms with Gasteiger partial charge in [-0.2, -0.15) is 10.2 Å². The fourth-order valence-corrected chi connectivity index (χ4v) is 2.10. The lowest BCUT2D eigenvalue weighted by Crippen LogP contribution is -2.40. The summed E-state index contributed by atoms with van der Waals surface area (Å²) in [6.45, 7) is 7.61. The molecule has 20 heavy (non-hydrogen) atoms. The second-order valence-electron chi connectivity index (χ2n) is 5.53. The third-order valence-corrected chi connectivity index (χ3v) is 3.17. The SMILES string of the molecule is CC(C)C1=NN(CC(=O)O)C(O)n2nc(C(C)C)cc21. The number of aliphatic carboxylic acids is 1. The molecule has 0 spiro atoms. The number of carboxylic acid groups (broad SMARTS) is 1. The first-order chi connectivity index (χ1) is 9.31. The van der Waals surface area contributed by atoms with Crippen molar-refractivity contribution in [2.75, 3.05) is 6.54 Å². The number of nitrogens with zero attached hydrogens (tertiary/aromatic N) is 4. The molecule has 0 aromatic carbocycles. The van der Waals surface area contributed by atoms with Crippen molar-refractivity contribution < 1.29 is 15.0 Å². The van der Waals surface area contributed by atoms with Gasteiger partial charge in [0.05, 0.1) is 17.1 Å². The molecule has 1 aromatic rings. The van der Waals surface area contributed by atoms with E-state index in [2.05, 4.69) is 10.2 Å². The van der Waals surface area contributed by atoms with E-state index in [4.69, 9.17) is 5.11 Å². The molecule has 1 aliphatic heterocycles. The molecule has 7 heteroatoms. The van der Waals surface area contributed by atoms with Gasteiger partial charge in [-0.05, 0) is 17.9 Å². The van der Waals surface area contributed by atoms with Crippen LogP contribution in [0.3, 0.4) is 0 Å². The maximum Gasteiger partial charge on any atom is 0.325 e. The van der Waals surface area contributed by atoms with Crippen LogP contribution in [-0.4, -0.2) is 43.2 Å². The number of carbonyl (C=O) groups is 1. The summed E-state index contributed by atoms with van der Waals surface area (Å²) in [6.07, 6.45) is -1.18. The van der Waals surface area contributed by atoms with E-state index in [1.54, 1.807) is 0 Å². The van der Waals surface area contributed by atoms with Crippen molar-refractivity contribution in [1.82, 2.24) is 14.8 Å². The molecule has 0 aliphatic carbocycles. The van der Waals surface area contributed by atoms with Crippen molar-refractivity contribution in [3.63, 3.8) is 0 Å². The van der Waals surface area contributed by atoms with Gasteiger partial charge in [0.15, 0.2) is 0 Å². The maximum absolute atomic E-state index is 10.9. The van der Waals surface area contributed by atoms with E-state index in [9.17, 15) is 9.90 Å². The minimum atomic E-state index is -1.18. The number of aromatic nitrogens is 2. The van der Waals surface area contributed by atoms with Gasteiger partial charge in [-0.15, -0.1) is 0 Å². The molecule has 2 N–H and O–H groups in total. The highest BCUT2D eigenvalue weighted by Crippen LogP contribution is 2.26.